The van der Waals surface area contributed by atoms with Crippen molar-refractivity contribution in [3.05, 3.63) is 23.3 Å². The molecule has 2 unspecified atom stereocenters. The molecule has 0 saturated heterocycles. The van der Waals surface area contributed by atoms with E-state index in [0.717, 1.165) is 38.5 Å². The molecule has 0 fully saturated rings. The normalized spacial score (nSPS) is 30.9. The molecule has 0 saturated carbocycles. The summed E-state index contributed by atoms with van der Waals surface area (Å²) in [6.07, 6.45) is 11.2. The molecule has 0 aromatic rings. The summed E-state index contributed by atoms with van der Waals surface area (Å²) in [7, 11) is 0. The van der Waals surface area contributed by atoms with Crippen LogP contribution in [0.25, 0.3) is 0 Å². The smallest absolute Gasteiger partial charge is 0.0462 e. The van der Waals surface area contributed by atoms with Crippen molar-refractivity contribution in [3.8, 4) is 0 Å². The van der Waals surface area contributed by atoms with Crippen LogP contribution < -0.4 is 0 Å². The topological polar surface area (TPSA) is 40.5 Å². The quantitative estimate of drug-likeness (QED) is 0.770. The number of hydrogen-bond donors (Lipinski definition) is 2. The Morgan fingerprint density at radius 1 is 0.875 bits per heavy atom. The van der Waals surface area contributed by atoms with E-state index < -0.39 is 0 Å². The highest BCUT2D eigenvalue weighted by Crippen LogP contribution is 2.34. The van der Waals surface area contributed by atoms with Crippen LogP contribution in [0.4, 0.5) is 0 Å². The van der Waals surface area contributed by atoms with Crippen LogP contribution in [0.5, 0.6) is 0 Å². The first-order valence-corrected chi connectivity index (χ1v) is 6.43. The molecule has 0 amide bonds. The fourth-order valence-corrected chi connectivity index (χ4v) is 2.69. The van der Waals surface area contributed by atoms with Gasteiger partial charge in [-0.05, 0) is 61.5 Å². The van der Waals surface area contributed by atoms with Gasteiger partial charge in [-0.2, -0.15) is 0 Å². The van der Waals surface area contributed by atoms with Crippen molar-refractivity contribution in [3.63, 3.8) is 0 Å². The summed E-state index contributed by atoms with van der Waals surface area (Å²) in [5, 5.41) is 18.2. The second-order valence-corrected chi connectivity index (χ2v) is 5.10. The molecule has 2 atom stereocenters. The van der Waals surface area contributed by atoms with Crippen LogP contribution >= 0.6 is 0 Å². The fourth-order valence-electron chi connectivity index (χ4n) is 2.69. The van der Waals surface area contributed by atoms with E-state index in [1.165, 1.54) is 11.1 Å². The van der Waals surface area contributed by atoms with Gasteiger partial charge in [0.1, 0.15) is 0 Å². The molecule has 0 aromatic heterocycles. The molecule has 0 bridgehead atoms. The second kappa shape index (κ2) is 5.65. The Morgan fingerprint density at radius 2 is 1.31 bits per heavy atom. The molecule has 2 rings (SSSR count). The highest BCUT2D eigenvalue weighted by Gasteiger charge is 2.19. The summed E-state index contributed by atoms with van der Waals surface area (Å²) < 4.78 is 0. The first-order chi connectivity index (χ1) is 7.83. The van der Waals surface area contributed by atoms with Crippen molar-refractivity contribution in [1.82, 2.24) is 0 Å². The van der Waals surface area contributed by atoms with Crippen LogP contribution in [0, 0.1) is 11.8 Å². The third kappa shape index (κ3) is 2.74. The van der Waals surface area contributed by atoms with Crippen molar-refractivity contribution >= 4 is 0 Å². The molecule has 90 valence electrons. The highest BCUT2D eigenvalue weighted by molar-refractivity contribution is 5.33. The van der Waals surface area contributed by atoms with E-state index >= 15 is 0 Å². The summed E-state index contributed by atoms with van der Waals surface area (Å²) in [6, 6.07) is 0. The summed E-state index contributed by atoms with van der Waals surface area (Å²) >= 11 is 0. The van der Waals surface area contributed by atoms with Crippen LogP contribution in [-0.2, 0) is 0 Å². The fraction of sp³-hybridized carbons (Fsp3) is 0.714. The summed E-state index contributed by atoms with van der Waals surface area (Å²) in [4.78, 5) is 0. The number of aliphatic hydroxyl groups excluding tert-OH is 2. The van der Waals surface area contributed by atoms with E-state index in [-0.39, 0.29) is 0 Å². The predicted octanol–water partition coefficient (Wildman–Crippen LogP) is 2.42. The molecule has 2 heteroatoms. The molecule has 2 aliphatic carbocycles. The standard InChI is InChI=1S/C14H22O2/c15-9-11-1-5-13(6-2-11)14-7-3-12(10-16)4-8-14/h5,7,11-12,15-16H,1-4,6,8-10H2. The molecular formula is C14H22O2. The van der Waals surface area contributed by atoms with Gasteiger partial charge >= 0.3 is 0 Å². The molecule has 0 heterocycles. The number of allylic oxidation sites excluding steroid dienone is 4. The molecule has 0 spiro atoms. The Morgan fingerprint density at radius 3 is 1.56 bits per heavy atom. The lowest BCUT2D eigenvalue weighted by molar-refractivity contribution is 0.213. The zero-order valence-electron chi connectivity index (χ0n) is 9.86. The summed E-state index contributed by atoms with van der Waals surface area (Å²) in [5.74, 6) is 0.969. The first kappa shape index (κ1) is 11.9. The molecular weight excluding hydrogens is 200 g/mol. The third-order valence-corrected chi connectivity index (χ3v) is 3.97. The molecule has 2 nitrogen and oxygen atoms in total. The van der Waals surface area contributed by atoms with Crippen molar-refractivity contribution in [2.75, 3.05) is 13.2 Å². The minimum Gasteiger partial charge on any atom is -0.396 e. The Kier molecular flexibility index (Phi) is 4.19. The minimum absolute atomic E-state index is 0.329. The van der Waals surface area contributed by atoms with Crippen LogP contribution in [0.1, 0.15) is 38.5 Å². The Labute approximate surface area is 97.7 Å². The molecule has 16 heavy (non-hydrogen) atoms. The van der Waals surface area contributed by atoms with E-state index in [0.29, 0.717) is 25.0 Å². The van der Waals surface area contributed by atoms with E-state index in [4.69, 9.17) is 10.2 Å². The van der Waals surface area contributed by atoms with Crippen molar-refractivity contribution in [2.24, 2.45) is 11.8 Å². The van der Waals surface area contributed by atoms with Gasteiger partial charge in [0.15, 0.2) is 0 Å². The predicted molar refractivity (Wildman–Crippen MR) is 65.0 cm³/mol. The maximum absolute atomic E-state index is 9.08. The third-order valence-electron chi connectivity index (χ3n) is 3.97. The van der Waals surface area contributed by atoms with Crippen LogP contribution in [0.2, 0.25) is 0 Å². The monoisotopic (exact) mass is 222 g/mol. The Balaban J connectivity index is 1.94. The summed E-state index contributed by atoms with van der Waals surface area (Å²) in [6.45, 7) is 0.658. The second-order valence-electron chi connectivity index (χ2n) is 5.10. The molecule has 0 aromatic carbocycles. The largest absolute Gasteiger partial charge is 0.396 e. The van der Waals surface area contributed by atoms with Gasteiger partial charge in [-0.3, -0.25) is 0 Å². The van der Waals surface area contributed by atoms with Crippen LogP contribution in [-0.4, -0.2) is 23.4 Å². The lowest BCUT2D eigenvalue weighted by Gasteiger charge is -2.25. The van der Waals surface area contributed by atoms with E-state index in [9.17, 15) is 0 Å². The number of aliphatic hydroxyl groups is 2. The van der Waals surface area contributed by atoms with Crippen molar-refractivity contribution < 1.29 is 10.2 Å². The van der Waals surface area contributed by atoms with Gasteiger partial charge in [0.2, 0.25) is 0 Å². The van der Waals surface area contributed by atoms with Crippen molar-refractivity contribution in [2.45, 2.75) is 38.5 Å². The molecule has 2 aliphatic rings. The lowest BCUT2D eigenvalue weighted by atomic mass is 9.81. The lowest BCUT2D eigenvalue weighted by Crippen LogP contribution is -2.14. The van der Waals surface area contributed by atoms with Gasteiger partial charge in [-0.15, -0.1) is 0 Å². The van der Waals surface area contributed by atoms with Crippen LogP contribution in [0.15, 0.2) is 23.3 Å². The Hall–Kier alpha value is -0.600. The highest BCUT2D eigenvalue weighted by atomic mass is 16.3. The van der Waals surface area contributed by atoms with Gasteiger partial charge in [0, 0.05) is 13.2 Å². The molecule has 2 N–H and O–H groups in total. The van der Waals surface area contributed by atoms with Gasteiger partial charge in [-0.25, -0.2) is 0 Å². The van der Waals surface area contributed by atoms with Crippen molar-refractivity contribution in [1.29, 1.82) is 0 Å². The van der Waals surface area contributed by atoms with Crippen LogP contribution in [0.3, 0.4) is 0 Å². The Bertz CT molecular complexity index is 261. The van der Waals surface area contributed by atoms with E-state index in [1.807, 2.05) is 0 Å². The van der Waals surface area contributed by atoms with E-state index in [2.05, 4.69) is 12.2 Å². The summed E-state index contributed by atoms with van der Waals surface area (Å²) in [5.41, 5.74) is 3.00. The maximum Gasteiger partial charge on any atom is 0.0462 e. The van der Waals surface area contributed by atoms with E-state index in [1.54, 1.807) is 0 Å². The zero-order valence-corrected chi connectivity index (χ0v) is 9.86. The van der Waals surface area contributed by atoms with Gasteiger partial charge in [-0.1, -0.05) is 12.2 Å². The van der Waals surface area contributed by atoms with Gasteiger partial charge in [0.05, 0.1) is 0 Å². The van der Waals surface area contributed by atoms with Gasteiger partial charge < -0.3 is 10.2 Å². The zero-order chi connectivity index (χ0) is 11.4. The molecule has 0 radical (unpaired) electrons. The average molecular weight is 222 g/mol. The first-order valence-electron chi connectivity index (χ1n) is 6.43. The minimum atomic E-state index is 0.329. The molecule has 0 aliphatic heterocycles. The average Bonchev–Trinajstić information content (AvgIpc) is 2.39. The number of rotatable bonds is 3. The SMILES string of the molecule is OCC1CC=C(C2=CCC(CO)CC2)CC1. The van der Waals surface area contributed by atoms with Gasteiger partial charge in [0.25, 0.3) is 0 Å². The number of hydrogen-bond acceptors (Lipinski definition) is 2. The maximum atomic E-state index is 9.08.